The van der Waals surface area contributed by atoms with Crippen molar-refractivity contribution in [3.63, 3.8) is 0 Å². The minimum Gasteiger partial charge on any atom is -0.497 e. The van der Waals surface area contributed by atoms with Crippen LogP contribution in [0.3, 0.4) is 0 Å². The Morgan fingerprint density at radius 3 is 2.62 bits per heavy atom. The number of benzene rings is 1. The number of piperazine rings is 1. The smallest absolute Gasteiger partial charge is 0.322 e. The fraction of sp³-hybridized carbons (Fsp3) is 0.421. The standard InChI is InChI=1S/C19H25N3O3S/c1-24-15-5-6-18(25-2)17(14-15)20-19(23)22-11-9-21(10-12-22)8-7-16-4-3-13-26-16/h3-6,13-14H,7-12H2,1-2H3,(H,20,23). The molecule has 7 heteroatoms. The number of methoxy groups -OCH3 is 2. The van der Waals surface area contributed by atoms with E-state index in [1.165, 1.54) is 4.88 Å². The molecule has 1 aromatic carbocycles. The summed E-state index contributed by atoms with van der Waals surface area (Å²) >= 11 is 1.80. The van der Waals surface area contributed by atoms with E-state index in [1.54, 1.807) is 43.8 Å². The average Bonchev–Trinajstić information content (AvgIpc) is 3.20. The second-order valence-corrected chi connectivity index (χ2v) is 7.19. The quantitative estimate of drug-likeness (QED) is 0.843. The van der Waals surface area contributed by atoms with Gasteiger partial charge in [-0.25, -0.2) is 4.79 Å². The summed E-state index contributed by atoms with van der Waals surface area (Å²) in [5, 5.41) is 5.06. The first-order chi connectivity index (χ1) is 12.7. The zero-order valence-electron chi connectivity index (χ0n) is 15.2. The summed E-state index contributed by atoms with van der Waals surface area (Å²) in [6.45, 7) is 4.28. The second kappa shape index (κ2) is 8.91. The van der Waals surface area contributed by atoms with Gasteiger partial charge in [0.1, 0.15) is 11.5 Å². The summed E-state index contributed by atoms with van der Waals surface area (Å²) in [5.74, 6) is 1.30. The Morgan fingerprint density at radius 1 is 1.15 bits per heavy atom. The number of thiophene rings is 1. The summed E-state index contributed by atoms with van der Waals surface area (Å²) in [6.07, 6.45) is 1.07. The van der Waals surface area contributed by atoms with Gasteiger partial charge in [-0.1, -0.05) is 6.07 Å². The van der Waals surface area contributed by atoms with Crippen LogP contribution in [0.4, 0.5) is 10.5 Å². The second-order valence-electron chi connectivity index (χ2n) is 6.15. The van der Waals surface area contributed by atoms with Crippen molar-refractivity contribution >= 4 is 23.1 Å². The fourth-order valence-corrected chi connectivity index (χ4v) is 3.70. The molecule has 1 aromatic heterocycles. The van der Waals surface area contributed by atoms with Gasteiger partial charge in [-0.3, -0.25) is 4.90 Å². The molecule has 1 fully saturated rings. The molecule has 2 heterocycles. The molecule has 0 bridgehead atoms. The Morgan fingerprint density at radius 2 is 1.96 bits per heavy atom. The van der Waals surface area contributed by atoms with Gasteiger partial charge in [0.2, 0.25) is 0 Å². The van der Waals surface area contributed by atoms with Crippen molar-refractivity contribution in [2.75, 3.05) is 52.3 Å². The van der Waals surface area contributed by atoms with E-state index in [9.17, 15) is 4.79 Å². The average molecular weight is 375 g/mol. The molecule has 1 aliphatic rings. The van der Waals surface area contributed by atoms with E-state index < -0.39 is 0 Å². The monoisotopic (exact) mass is 375 g/mol. The molecule has 2 aromatic rings. The van der Waals surface area contributed by atoms with Crippen molar-refractivity contribution in [3.8, 4) is 11.5 Å². The third kappa shape index (κ3) is 4.68. The van der Waals surface area contributed by atoms with Gasteiger partial charge in [0.15, 0.2) is 0 Å². The van der Waals surface area contributed by atoms with Gasteiger partial charge in [-0.05, 0) is 30.0 Å². The number of carbonyl (C=O) groups excluding carboxylic acids is 1. The van der Waals surface area contributed by atoms with Crippen molar-refractivity contribution in [1.29, 1.82) is 0 Å². The van der Waals surface area contributed by atoms with Crippen LogP contribution in [0.2, 0.25) is 0 Å². The predicted octanol–water partition coefficient (Wildman–Crippen LogP) is 3.16. The number of hydrogen-bond acceptors (Lipinski definition) is 5. The number of hydrogen-bond donors (Lipinski definition) is 1. The van der Waals surface area contributed by atoms with Crippen molar-refractivity contribution in [1.82, 2.24) is 9.80 Å². The van der Waals surface area contributed by atoms with Crippen molar-refractivity contribution in [2.45, 2.75) is 6.42 Å². The number of anilines is 1. The van der Waals surface area contributed by atoms with E-state index >= 15 is 0 Å². The van der Waals surface area contributed by atoms with Crippen molar-refractivity contribution in [2.24, 2.45) is 0 Å². The lowest BCUT2D eigenvalue weighted by molar-refractivity contribution is 0.148. The maximum absolute atomic E-state index is 12.6. The highest BCUT2D eigenvalue weighted by Crippen LogP contribution is 2.29. The van der Waals surface area contributed by atoms with Crippen LogP contribution in [0.5, 0.6) is 11.5 Å². The lowest BCUT2D eigenvalue weighted by atomic mass is 10.2. The summed E-state index contributed by atoms with van der Waals surface area (Å²) in [4.78, 5) is 18.3. The topological polar surface area (TPSA) is 54.0 Å². The first-order valence-corrected chi connectivity index (χ1v) is 9.60. The van der Waals surface area contributed by atoms with E-state index in [-0.39, 0.29) is 6.03 Å². The molecule has 3 rings (SSSR count). The largest absolute Gasteiger partial charge is 0.497 e. The molecule has 0 aliphatic carbocycles. The maximum atomic E-state index is 12.6. The first kappa shape index (κ1) is 18.5. The van der Waals surface area contributed by atoms with Crippen LogP contribution >= 0.6 is 11.3 Å². The first-order valence-electron chi connectivity index (χ1n) is 8.72. The van der Waals surface area contributed by atoms with Gasteiger partial charge in [0.25, 0.3) is 0 Å². The van der Waals surface area contributed by atoms with Gasteiger partial charge in [-0.15, -0.1) is 11.3 Å². The third-order valence-corrected chi connectivity index (χ3v) is 5.50. The molecular formula is C19H25N3O3S. The highest BCUT2D eigenvalue weighted by Gasteiger charge is 2.22. The molecule has 0 radical (unpaired) electrons. The molecule has 0 spiro atoms. The van der Waals surface area contributed by atoms with Crippen molar-refractivity contribution in [3.05, 3.63) is 40.6 Å². The normalized spacial score (nSPS) is 14.9. The molecule has 0 saturated carbocycles. The van der Waals surface area contributed by atoms with Crippen LogP contribution in [0.15, 0.2) is 35.7 Å². The predicted molar refractivity (Wildman–Crippen MR) is 105 cm³/mol. The summed E-state index contributed by atoms with van der Waals surface area (Å²) in [6, 6.07) is 9.53. The molecule has 1 N–H and O–H groups in total. The number of amides is 2. The fourth-order valence-electron chi connectivity index (χ4n) is 3.00. The highest BCUT2D eigenvalue weighted by molar-refractivity contribution is 7.09. The Hall–Kier alpha value is -2.25. The van der Waals surface area contributed by atoms with Gasteiger partial charge in [0, 0.05) is 43.7 Å². The van der Waals surface area contributed by atoms with E-state index in [1.807, 2.05) is 4.90 Å². The van der Waals surface area contributed by atoms with Crippen LogP contribution in [0, 0.1) is 0 Å². The molecule has 1 aliphatic heterocycles. The van der Waals surface area contributed by atoms with Crippen LogP contribution < -0.4 is 14.8 Å². The Bertz CT molecular complexity index is 713. The zero-order chi connectivity index (χ0) is 18.4. The van der Waals surface area contributed by atoms with E-state index in [0.717, 1.165) is 39.1 Å². The zero-order valence-corrected chi connectivity index (χ0v) is 16.1. The van der Waals surface area contributed by atoms with Crippen LogP contribution in [-0.4, -0.2) is 62.8 Å². The number of nitrogens with zero attached hydrogens (tertiary/aromatic N) is 2. The summed E-state index contributed by atoms with van der Waals surface area (Å²) in [7, 11) is 3.19. The number of ether oxygens (including phenoxy) is 2. The van der Waals surface area contributed by atoms with Crippen molar-refractivity contribution < 1.29 is 14.3 Å². The number of carbonyl (C=O) groups is 1. The van der Waals surface area contributed by atoms with Gasteiger partial charge < -0.3 is 19.7 Å². The molecule has 0 unspecified atom stereocenters. The van der Waals surface area contributed by atoms with Gasteiger partial charge >= 0.3 is 6.03 Å². The maximum Gasteiger partial charge on any atom is 0.322 e. The van der Waals surface area contributed by atoms with Crippen LogP contribution in [-0.2, 0) is 6.42 Å². The van der Waals surface area contributed by atoms with E-state index in [4.69, 9.17) is 9.47 Å². The lowest BCUT2D eigenvalue weighted by Crippen LogP contribution is -2.50. The summed E-state index contributed by atoms with van der Waals surface area (Å²) in [5.41, 5.74) is 0.622. The molecule has 6 nitrogen and oxygen atoms in total. The Labute approximate surface area is 158 Å². The minimum atomic E-state index is -0.102. The molecule has 26 heavy (non-hydrogen) atoms. The van der Waals surface area contributed by atoms with Crippen LogP contribution in [0.25, 0.3) is 0 Å². The van der Waals surface area contributed by atoms with Gasteiger partial charge in [-0.2, -0.15) is 0 Å². The summed E-state index contributed by atoms with van der Waals surface area (Å²) < 4.78 is 10.5. The molecular weight excluding hydrogens is 350 g/mol. The molecule has 2 amide bonds. The molecule has 0 atom stereocenters. The highest BCUT2D eigenvalue weighted by atomic mass is 32.1. The third-order valence-electron chi connectivity index (χ3n) is 4.56. The van der Waals surface area contributed by atoms with Crippen LogP contribution in [0.1, 0.15) is 4.88 Å². The number of rotatable bonds is 6. The number of urea groups is 1. The van der Waals surface area contributed by atoms with E-state index in [2.05, 4.69) is 27.7 Å². The Kier molecular flexibility index (Phi) is 6.35. The molecule has 1 saturated heterocycles. The number of nitrogens with one attached hydrogen (secondary N) is 1. The Balaban J connectivity index is 1.50. The minimum absolute atomic E-state index is 0.102. The van der Waals surface area contributed by atoms with E-state index in [0.29, 0.717) is 17.2 Å². The SMILES string of the molecule is COc1ccc(OC)c(NC(=O)N2CCN(CCc3cccs3)CC2)c1. The van der Waals surface area contributed by atoms with Gasteiger partial charge in [0.05, 0.1) is 19.9 Å². The molecule has 140 valence electrons. The lowest BCUT2D eigenvalue weighted by Gasteiger charge is -2.34.